The zero-order valence-corrected chi connectivity index (χ0v) is 11.3. The second kappa shape index (κ2) is 6.97. The minimum atomic E-state index is -0.337. The summed E-state index contributed by atoms with van der Waals surface area (Å²) in [6.07, 6.45) is 2.98. The van der Waals surface area contributed by atoms with Crippen LogP contribution in [0.3, 0.4) is 0 Å². The standard InChI is InChI=1S/C13H26N2O2/c1-10(2)7-12(14)13(16)15-6-4-5-11(8-15)9-17-3/h10-12H,4-9,14H2,1-3H3/t11?,12-/m0/s1. The number of rotatable bonds is 5. The van der Waals surface area contributed by atoms with Crippen LogP contribution >= 0.6 is 0 Å². The maximum Gasteiger partial charge on any atom is 0.239 e. The lowest BCUT2D eigenvalue weighted by atomic mass is 9.97. The summed E-state index contributed by atoms with van der Waals surface area (Å²) in [7, 11) is 1.71. The van der Waals surface area contributed by atoms with E-state index in [0.717, 1.165) is 39.0 Å². The fraction of sp³-hybridized carbons (Fsp3) is 0.923. The van der Waals surface area contributed by atoms with E-state index in [1.165, 1.54) is 0 Å². The molecule has 1 fully saturated rings. The smallest absolute Gasteiger partial charge is 0.239 e. The van der Waals surface area contributed by atoms with Crippen LogP contribution in [0.1, 0.15) is 33.1 Å². The number of ether oxygens (including phenoxy) is 1. The van der Waals surface area contributed by atoms with Crippen molar-refractivity contribution < 1.29 is 9.53 Å². The molecule has 0 spiro atoms. The van der Waals surface area contributed by atoms with Gasteiger partial charge < -0.3 is 15.4 Å². The van der Waals surface area contributed by atoms with Crippen molar-refractivity contribution in [1.29, 1.82) is 0 Å². The molecule has 2 atom stereocenters. The van der Waals surface area contributed by atoms with Crippen molar-refractivity contribution in [2.24, 2.45) is 17.6 Å². The first-order valence-electron chi connectivity index (χ1n) is 6.58. The number of hydrogen-bond donors (Lipinski definition) is 1. The molecule has 0 bridgehead atoms. The fourth-order valence-corrected chi connectivity index (χ4v) is 2.48. The van der Waals surface area contributed by atoms with Gasteiger partial charge in [0.15, 0.2) is 0 Å². The Morgan fingerprint density at radius 1 is 1.53 bits per heavy atom. The number of piperidine rings is 1. The summed E-state index contributed by atoms with van der Waals surface area (Å²) in [6.45, 7) is 6.58. The third-order valence-corrected chi connectivity index (χ3v) is 3.28. The van der Waals surface area contributed by atoms with E-state index in [1.54, 1.807) is 7.11 Å². The second-order valence-electron chi connectivity index (χ2n) is 5.48. The average molecular weight is 242 g/mol. The van der Waals surface area contributed by atoms with Crippen LogP contribution in [0.2, 0.25) is 0 Å². The second-order valence-corrected chi connectivity index (χ2v) is 5.48. The molecule has 1 aliphatic rings. The summed E-state index contributed by atoms with van der Waals surface area (Å²) in [5.74, 6) is 1.05. The molecular weight excluding hydrogens is 216 g/mol. The molecule has 1 unspecified atom stereocenters. The Kier molecular flexibility index (Phi) is 5.92. The van der Waals surface area contributed by atoms with Gasteiger partial charge in [0.05, 0.1) is 12.6 Å². The normalized spacial score (nSPS) is 22.9. The van der Waals surface area contributed by atoms with Crippen molar-refractivity contribution in [3.05, 3.63) is 0 Å². The van der Waals surface area contributed by atoms with Crippen molar-refractivity contribution in [2.75, 3.05) is 26.8 Å². The number of carbonyl (C=O) groups is 1. The first-order chi connectivity index (χ1) is 8.04. The first kappa shape index (κ1) is 14.5. The molecule has 0 aromatic rings. The summed E-state index contributed by atoms with van der Waals surface area (Å²) in [6, 6.07) is -0.337. The van der Waals surface area contributed by atoms with Crippen LogP contribution in [0, 0.1) is 11.8 Å². The van der Waals surface area contributed by atoms with Crippen molar-refractivity contribution in [1.82, 2.24) is 4.90 Å². The molecule has 4 nitrogen and oxygen atoms in total. The summed E-state index contributed by atoms with van der Waals surface area (Å²) in [5, 5.41) is 0. The van der Waals surface area contributed by atoms with Gasteiger partial charge in [-0.15, -0.1) is 0 Å². The van der Waals surface area contributed by atoms with Crippen LogP contribution < -0.4 is 5.73 Å². The van der Waals surface area contributed by atoms with Crippen LogP contribution in [-0.4, -0.2) is 43.7 Å². The minimum Gasteiger partial charge on any atom is -0.384 e. The Bertz CT molecular complexity index is 242. The summed E-state index contributed by atoms with van der Waals surface area (Å²) < 4.78 is 5.17. The van der Waals surface area contributed by atoms with Gasteiger partial charge >= 0.3 is 0 Å². The predicted octanol–water partition coefficient (Wildman–Crippen LogP) is 1.24. The lowest BCUT2D eigenvalue weighted by Gasteiger charge is -2.34. The van der Waals surface area contributed by atoms with E-state index in [2.05, 4.69) is 13.8 Å². The molecule has 1 aliphatic heterocycles. The van der Waals surface area contributed by atoms with E-state index in [4.69, 9.17) is 10.5 Å². The van der Waals surface area contributed by atoms with E-state index in [1.807, 2.05) is 4.90 Å². The molecule has 0 aromatic carbocycles. The zero-order chi connectivity index (χ0) is 12.8. The summed E-state index contributed by atoms with van der Waals surface area (Å²) in [5.41, 5.74) is 5.95. The van der Waals surface area contributed by atoms with Gasteiger partial charge in [-0.3, -0.25) is 4.79 Å². The van der Waals surface area contributed by atoms with Crippen molar-refractivity contribution in [2.45, 2.75) is 39.2 Å². The average Bonchev–Trinajstić information content (AvgIpc) is 2.28. The number of nitrogens with two attached hydrogens (primary N) is 1. The van der Waals surface area contributed by atoms with Gasteiger partial charge in [-0.25, -0.2) is 0 Å². The number of nitrogens with zero attached hydrogens (tertiary/aromatic N) is 1. The monoisotopic (exact) mass is 242 g/mol. The van der Waals surface area contributed by atoms with Gasteiger partial charge in [-0.1, -0.05) is 13.8 Å². The van der Waals surface area contributed by atoms with E-state index >= 15 is 0 Å². The summed E-state index contributed by atoms with van der Waals surface area (Å²) >= 11 is 0. The third-order valence-electron chi connectivity index (χ3n) is 3.28. The molecule has 0 radical (unpaired) electrons. The van der Waals surface area contributed by atoms with Gasteiger partial charge in [-0.2, -0.15) is 0 Å². The van der Waals surface area contributed by atoms with Crippen LogP contribution in [0.25, 0.3) is 0 Å². The van der Waals surface area contributed by atoms with E-state index < -0.39 is 0 Å². The molecule has 1 heterocycles. The lowest BCUT2D eigenvalue weighted by molar-refractivity contribution is -0.135. The minimum absolute atomic E-state index is 0.111. The quantitative estimate of drug-likeness (QED) is 0.789. The number of methoxy groups -OCH3 is 1. The highest BCUT2D eigenvalue weighted by atomic mass is 16.5. The Balaban J connectivity index is 2.45. The Morgan fingerprint density at radius 3 is 2.82 bits per heavy atom. The molecule has 0 saturated carbocycles. The molecule has 1 saturated heterocycles. The third kappa shape index (κ3) is 4.64. The highest BCUT2D eigenvalue weighted by molar-refractivity contribution is 5.81. The van der Waals surface area contributed by atoms with Crippen LogP contribution in [0.5, 0.6) is 0 Å². The number of hydrogen-bond acceptors (Lipinski definition) is 3. The molecule has 2 N–H and O–H groups in total. The SMILES string of the molecule is COCC1CCCN(C(=O)[C@@H](N)CC(C)C)C1. The molecule has 100 valence electrons. The van der Waals surface area contributed by atoms with Gasteiger partial charge in [0, 0.05) is 20.2 Å². The molecule has 4 heteroatoms. The van der Waals surface area contributed by atoms with Gasteiger partial charge in [0.2, 0.25) is 5.91 Å². The van der Waals surface area contributed by atoms with Crippen LogP contribution in [-0.2, 0) is 9.53 Å². The van der Waals surface area contributed by atoms with E-state index in [-0.39, 0.29) is 11.9 Å². The molecule has 1 amide bonds. The number of likely N-dealkylation sites (tertiary alicyclic amines) is 1. The maximum absolute atomic E-state index is 12.1. The Labute approximate surface area is 104 Å². The van der Waals surface area contributed by atoms with Crippen molar-refractivity contribution >= 4 is 5.91 Å². The van der Waals surface area contributed by atoms with Crippen molar-refractivity contribution in [3.63, 3.8) is 0 Å². The van der Waals surface area contributed by atoms with E-state index in [9.17, 15) is 4.79 Å². The molecule has 0 aromatic heterocycles. The van der Waals surface area contributed by atoms with Gasteiger partial charge in [-0.05, 0) is 31.1 Å². The first-order valence-corrected chi connectivity index (χ1v) is 6.58. The Hall–Kier alpha value is -0.610. The maximum atomic E-state index is 12.1. The fourth-order valence-electron chi connectivity index (χ4n) is 2.48. The highest BCUT2D eigenvalue weighted by Crippen LogP contribution is 2.18. The lowest BCUT2D eigenvalue weighted by Crippen LogP contribution is -2.49. The Morgan fingerprint density at radius 2 is 2.24 bits per heavy atom. The molecular formula is C13H26N2O2. The molecule has 0 aliphatic carbocycles. The van der Waals surface area contributed by atoms with Crippen LogP contribution in [0.15, 0.2) is 0 Å². The topological polar surface area (TPSA) is 55.6 Å². The molecule has 17 heavy (non-hydrogen) atoms. The van der Waals surface area contributed by atoms with Gasteiger partial charge in [0.1, 0.15) is 0 Å². The predicted molar refractivity (Wildman–Crippen MR) is 68.6 cm³/mol. The zero-order valence-electron chi connectivity index (χ0n) is 11.3. The highest BCUT2D eigenvalue weighted by Gasteiger charge is 2.27. The largest absolute Gasteiger partial charge is 0.384 e. The molecule has 1 rings (SSSR count). The number of carbonyl (C=O) groups excluding carboxylic acids is 1. The number of amides is 1. The summed E-state index contributed by atoms with van der Waals surface area (Å²) in [4.78, 5) is 14.1. The van der Waals surface area contributed by atoms with Crippen LogP contribution in [0.4, 0.5) is 0 Å². The van der Waals surface area contributed by atoms with E-state index in [0.29, 0.717) is 11.8 Å². The van der Waals surface area contributed by atoms with Gasteiger partial charge in [0.25, 0.3) is 0 Å². The van der Waals surface area contributed by atoms with Crippen molar-refractivity contribution in [3.8, 4) is 0 Å².